The number of hydrazone groups is 1. The van der Waals surface area contributed by atoms with Crippen LogP contribution in [-0.2, 0) is 9.59 Å². The summed E-state index contributed by atoms with van der Waals surface area (Å²) in [5.74, 6) is -1.03. The van der Waals surface area contributed by atoms with Gasteiger partial charge in [0.15, 0.2) is 5.13 Å². The molecule has 0 aliphatic carbocycles. The van der Waals surface area contributed by atoms with Crippen LogP contribution in [0, 0.1) is 6.92 Å². The fraction of sp³-hybridized carbons (Fsp3) is 0.182. The van der Waals surface area contributed by atoms with Crippen LogP contribution in [0.15, 0.2) is 59.7 Å². The number of halogens is 2. The van der Waals surface area contributed by atoms with Gasteiger partial charge in [0.05, 0.1) is 11.4 Å². The van der Waals surface area contributed by atoms with Crippen LogP contribution in [-0.4, -0.2) is 35.2 Å². The summed E-state index contributed by atoms with van der Waals surface area (Å²) in [5, 5.41) is 8.82. The molecular formula is C22H19F2N5O3S. The Kier molecular flexibility index (Phi) is 6.31. The number of primary amides is 1. The lowest BCUT2D eigenvalue weighted by molar-refractivity contribution is -0.119. The summed E-state index contributed by atoms with van der Waals surface area (Å²) in [6.07, 6.45) is 0.0683. The zero-order valence-electron chi connectivity index (χ0n) is 17.4. The Morgan fingerprint density at radius 1 is 1.18 bits per heavy atom. The molecule has 0 saturated heterocycles. The van der Waals surface area contributed by atoms with E-state index < -0.39 is 24.5 Å². The predicted molar refractivity (Wildman–Crippen MR) is 122 cm³/mol. The van der Waals surface area contributed by atoms with Crippen LogP contribution in [0.2, 0.25) is 0 Å². The van der Waals surface area contributed by atoms with Crippen molar-refractivity contribution in [3.63, 3.8) is 0 Å². The van der Waals surface area contributed by atoms with Gasteiger partial charge in [-0.1, -0.05) is 18.2 Å². The molecule has 0 bridgehead atoms. The second-order valence-electron chi connectivity index (χ2n) is 7.13. The Morgan fingerprint density at radius 2 is 1.88 bits per heavy atom. The zero-order valence-corrected chi connectivity index (χ0v) is 18.2. The van der Waals surface area contributed by atoms with E-state index in [-0.39, 0.29) is 17.9 Å². The monoisotopic (exact) mass is 471 g/mol. The number of para-hydroxylation sites is 1. The third-order valence-electron chi connectivity index (χ3n) is 4.89. The van der Waals surface area contributed by atoms with Crippen LogP contribution >= 0.6 is 11.3 Å². The highest BCUT2D eigenvalue weighted by Crippen LogP contribution is 2.32. The summed E-state index contributed by atoms with van der Waals surface area (Å²) < 4.78 is 29.0. The Hall–Kier alpha value is -3.86. The first kappa shape index (κ1) is 22.3. The maximum atomic E-state index is 12.8. The van der Waals surface area contributed by atoms with Gasteiger partial charge in [-0.25, -0.2) is 4.98 Å². The number of anilines is 2. The number of aromatic nitrogens is 1. The lowest BCUT2D eigenvalue weighted by Crippen LogP contribution is -2.39. The summed E-state index contributed by atoms with van der Waals surface area (Å²) in [7, 11) is 0. The van der Waals surface area contributed by atoms with Crippen molar-refractivity contribution in [2.45, 2.75) is 26.0 Å². The van der Waals surface area contributed by atoms with E-state index in [0.717, 1.165) is 4.88 Å². The molecule has 11 heteroatoms. The molecule has 3 N–H and O–H groups in total. The van der Waals surface area contributed by atoms with E-state index in [1.807, 2.05) is 13.0 Å². The zero-order chi connectivity index (χ0) is 23.5. The number of benzene rings is 2. The fourth-order valence-corrected chi connectivity index (χ4v) is 4.20. The van der Waals surface area contributed by atoms with Crippen LogP contribution < -0.4 is 20.8 Å². The summed E-state index contributed by atoms with van der Waals surface area (Å²) in [4.78, 5) is 30.0. The topological polar surface area (TPSA) is 110 Å². The smallest absolute Gasteiger partial charge is 0.387 e. The summed E-state index contributed by atoms with van der Waals surface area (Å²) in [6.45, 7) is -1.07. The number of carbonyl (C=O) groups excluding carboxylic acids is 2. The van der Waals surface area contributed by atoms with Gasteiger partial charge in [-0.15, -0.1) is 11.3 Å². The van der Waals surface area contributed by atoms with E-state index in [4.69, 9.17) is 5.73 Å². The molecule has 1 aromatic heterocycles. The SMILES string of the molecule is Cc1sc(NC(=O)C2=NN(c3ccccc3)C(C(N)=O)C2)nc1-c1ccc(OC(F)F)cc1. The molecule has 1 atom stereocenters. The Bertz CT molecular complexity index is 1200. The fourth-order valence-electron chi connectivity index (χ4n) is 3.37. The molecule has 33 heavy (non-hydrogen) atoms. The van der Waals surface area contributed by atoms with Crippen molar-refractivity contribution >= 4 is 39.7 Å². The number of carbonyl (C=O) groups is 2. The lowest BCUT2D eigenvalue weighted by Gasteiger charge is -2.20. The van der Waals surface area contributed by atoms with Gasteiger partial charge >= 0.3 is 6.61 Å². The van der Waals surface area contributed by atoms with Crippen molar-refractivity contribution in [2.24, 2.45) is 10.8 Å². The number of ether oxygens (including phenoxy) is 1. The van der Waals surface area contributed by atoms with Gasteiger partial charge in [0, 0.05) is 16.9 Å². The molecule has 0 saturated carbocycles. The van der Waals surface area contributed by atoms with Crippen LogP contribution in [0.3, 0.4) is 0 Å². The molecule has 1 aliphatic heterocycles. The Balaban J connectivity index is 1.50. The molecule has 0 fully saturated rings. The molecule has 4 rings (SSSR count). The maximum absolute atomic E-state index is 12.8. The molecule has 0 spiro atoms. The second kappa shape index (κ2) is 9.33. The maximum Gasteiger partial charge on any atom is 0.387 e. The molecule has 2 heterocycles. The first-order chi connectivity index (χ1) is 15.8. The van der Waals surface area contributed by atoms with E-state index in [2.05, 4.69) is 20.1 Å². The molecule has 1 aliphatic rings. The van der Waals surface area contributed by atoms with Gasteiger partial charge in [-0.05, 0) is 43.3 Å². The van der Waals surface area contributed by atoms with Crippen LogP contribution in [0.1, 0.15) is 11.3 Å². The number of nitrogens with zero attached hydrogens (tertiary/aromatic N) is 3. The number of thiazole rings is 1. The number of hydrogen-bond donors (Lipinski definition) is 2. The lowest BCUT2D eigenvalue weighted by atomic mass is 10.1. The summed E-state index contributed by atoms with van der Waals surface area (Å²) in [5.41, 5.74) is 7.62. The first-order valence-corrected chi connectivity index (χ1v) is 10.7. The average Bonchev–Trinajstić information content (AvgIpc) is 3.39. The molecule has 8 nitrogen and oxygen atoms in total. The van der Waals surface area contributed by atoms with E-state index >= 15 is 0 Å². The minimum absolute atomic E-state index is 0.0429. The average molecular weight is 471 g/mol. The van der Waals surface area contributed by atoms with Crippen LogP contribution in [0.4, 0.5) is 19.6 Å². The number of amides is 2. The van der Waals surface area contributed by atoms with Gasteiger partial charge in [0.25, 0.3) is 5.91 Å². The van der Waals surface area contributed by atoms with Gasteiger partial charge in [0.1, 0.15) is 17.5 Å². The molecule has 2 aromatic carbocycles. The van der Waals surface area contributed by atoms with Crippen LogP contribution in [0.25, 0.3) is 11.3 Å². The van der Waals surface area contributed by atoms with Crippen molar-refractivity contribution in [1.29, 1.82) is 0 Å². The molecule has 3 aromatic rings. The largest absolute Gasteiger partial charge is 0.435 e. The molecular weight excluding hydrogens is 452 g/mol. The third kappa shape index (κ3) is 4.98. The summed E-state index contributed by atoms with van der Waals surface area (Å²) >= 11 is 1.26. The van der Waals surface area contributed by atoms with Crippen molar-refractivity contribution in [1.82, 2.24) is 4.98 Å². The van der Waals surface area contributed by atoms with Crippen molar-refractivity contribution in [2.75, 3.05) is 10.3 Å². The molecule has 170 valence electrons. The number of hydrogen-bond acceptors (Lipinski definition) is 7. The van der Waals surface area contributed by atoms with Crippen molar-refractivity contribution in [3.05, 3.63) is 59.5 Å². The van der Waals surface area contributed by atoms with E-state index in [9.17, 15) is 18.4 Å². The van der Waals surface area contributed by atoms with Crippen molar-refractivity contribution < 1.29 is 23.1 Å². The molecule has 2 amide bonds. The van der Waals surface area contributed by atoms with Gasteiger partial charge in [-0.3, -0.25) is 19.9 Å². The predicted octanol–water partition coefficient (Wildman–Crippen LogP) is 3.78. The number of nitrogens with one attached hydrogen (secondary N) is 1. The minimum atomic E-state index is -2.90. The highest BCUT2D eigenvalue weighted by molar-refractivity contribution is 7.16. The second-order valence-corrected chi connectivity index (χ2v) is 8.33. The number of aryl methyl sites for hydroxylation is 1. The van der Waals surface area contributed by atoms with Gasteiger partial charge in [-0.2, -0.15) is 13.9 Å². The third-order valence-corrected chi connectivity index (χ3v) is 5.78. The normalized spacial score (nSPS) is 15.5. The highest BCUT2D eigenvalue weighted by atomic mass is 32.1. The standard InChI is InChI=1S/C22H19F2N5O3S/c1-12-18(13-7-9-15(10-8-13)32-21(23)24)26-22(33-12)27-20(31)16-11-17(19(25)30)29(28-16)14-5-3-2-4-6-14/h2-10,17,21H,11H2,1H3,(H2,25,30)(H,26,27,31). The quantitative estimate of drug-likeness (QED) is 0.545. The minimum Gasteiger partial charge on any atom is -0.435 e. The molecule has 1 unspecified atom stereocenters. The molecule has 0 radical (unpaired) electrons. The Labute approximate surface area is 191 Å². The summed E-state index contributed by atoms with van der Waals surface area (Å²) in [6, 6.07) is 14.3. The van der Waals surface area contributed by atoms with Gasteiger partial charge < -0.3 is 10.5 Å². The van der Waals surface area contributed by atoms with Gasteiger partial charge in [0.2, 0.25) is 5.91 Å². The van der Waals surface area contributed by atoms with E-state index in [0.29, 0.717) is 22.1 Å². The first-order valence-electron chi connectivity index (χ1n) is 9.87. The number of alkyl halides is 2. The van der Waals surface area contributed by atoms with E-state index in [1.165, 1.54) is 28.5 Å². The number of nitrogens with two attached hydrogens (primary N) is 1. The van der Waals surface area contributed by atoms with Crippen LogP contribution in [0.5, 0.6) is 5.75 Å². The Morgan fingerprint density at radius 3 is 2.52 bits per heavy atom. The van der Waals surface area contributed by atoms with Crippen molar-refractivity contribution in [3.8, 4) is 17.0 Å². The highest BCUT2D eigenvalue weighted by Gasteiger charge is 2.35. The van der Waals surface area contributed by atoms with E-state index in [1.54, 1.807) is 36.4 Å². The number of rotatable bonds is 7.